The molecule has 0 aliphatic heterocycles. The van der Waals surface area contributed by atoms with E-state index in [0.29, 0.717) is 11.6 Å². The zero-order valence-electron chi connectivity index (χ0n) is 11.0. The van der Waals surface area contributed by atoms with Gasteiger partial charge in [0, 0.05) is 24.0 Å². The molecule has 1 heterocycles. The standard InChI is InChI=1S/C16H15ClN2O/c17-14-3-1-2-13(10-14)16(6-7-16)15(20)19-11-12-4-8-18-9-5-12/h1-5,8-10H,6-7,11H2,(H,19,20). The second kappa shape index (κ2) is 5.25. The number of hydrogen-bond acceptors (Lipinski definition) is 2. The van der Waals surface area contributed by atoms with E-state index in [4.69, 9.17) is 11.6 Å². The second-order valence-electron chi connectivity index (χ2n) is 5.13. The maximum atomic E-state index is 12.4. The number of pyridine rings is 1. The average molecular weight is 287 g/mol. The van der Waals surface area contributed by atoms with E-state index in [1.54, 1.807) is 12.4 Å². The molecule has 1 aromatic carbocycles. The van der Waals surface area contributed by atoms with E-state index in [-0.39, 0.29) is 11.3 Å². The van der Waals surface area contributed by atoms with Gasteiger partial charge >= 0.3 is 0 Å². The second-order valence-corrected chi connectivity index (χ2v) is 5.57. The van der Waals surface area contributed by atoms with Gasteiger partial charge in [0.15, 0.2) is 0 Å². The van der Waals surface area contributed by atoms with Crippen LogP contribution in [0.5, 0.6) is 0 Å². The molecule has 20 heavy (non-hydrogen) atoms. The van der Waals surface area contributed by atoms with Crippen molar-refractivity contribution in [3.8, 4) is 0 Å². The minimum absolute atomic E-state index is 0.0802. The maximum Gasteiger partial charge on any atom is 0.230 e. The fourth-order valence-electron chi connectivity index (χ4n) is 2.41. The summed E-state index contributed by atoms with van der Waals surface area (Å²) in [6, 6.07) is 11.4. The van der Waals surface area contributed by atoms with Crippen molar-refractivity contribution in [3.05, 3.63) is 64.9 Å². The molecule has 0 radical (unpaired) electrons. The number of aromatic nitrogens is 1. The Labute approximate surface area is 123 Å². The van der Waals surface area contributed by atoms with Crippen LogP contribution in [0.25, 0.3) is 0 Å². The van der Waals surface area contributed by atoms with Crippen LogP contribution >= 0.6 is 11.6 Å². The summed E-state index contributed by atoms with van der Waals surface area (Å²) in [6.45, 7) is 0.531. The molecule has 1 saturated carbocycles. The van der Waals surface area contributed by atoms with E-state index in [2.05, 4.69) is 10.3 Å². The van der Waals surface area contributed by atoms with Gasteiger partial charge in [-0.1, -0.05) is 23.7 Å². The molecule has 3 rings (SSSR count). The van der Waals surface area contributed by atoms with Crippen LogP contribution < -0.4 is 5.32 Å². The Kier molecular flexibility index (Phi) is 3.45. The van der Waals surface area contributed by atoms with Gasteiger partial charge in [-0.15, -0.1) is 0 Å². The molecule has 102 valence electrons. The summed E-state index contributed by atoms with van der Waals surface area (Å²) in [5, 5.41) is 3.69. The van der Waals surface area contributed by atoms with Crippen molar-refractivity contribution >= 4 is 17.5 Å². The van der Waals surface area contributed by atoms with Crippen LogP contribution in [-0.2, 0) is 16.8 Å². The fourth-order valence-corrected chi connectivity index (χ4v) is 2.60. The summed E-state index contributed by atoms with van der Waals surface area (Å²) >= 11 is 6.02. The van der Waals surface area contributed by atoms with Crippen LogP contribution in [0.2, 0.25) is 5.02 Å². The van der Waals surface area contributed by atoms with Crippen molar-refractivity contribution in [1.29, 1.82) is 0 Å². The topological polar surface area (TPSA) is 42.0 Å². The minimum atomic E-state index is -0.377. The Balaban J connectivity index is 1.71. The van der Waals surface area contributed by atoms with E-state index >= 15 is 0 Å². The monoisotopic (exact) mass is 286 g/mol. The van der Waals surface area contributed by atoms with Crippen LogP contribution in [0, 0.1) is 0 Å². The van der Waals surface area contributed by atoms with Crippen LogP contribution in [0.1, 0.15) is 24.0 Å². The van der Waals surface area contributed by atoms with Gasteiger partial charge in [-0.2, -0.15) is 0 Å². The number of carbonyl (C=O) groups excluding carboxylic acids is 1. The molecule has 2 aromatic rings. The lowest BCUT2D eigenvalue weighted by Crippen LogP contribution is -2.34. The molecular weight excluding hydrogens is 272 g/mol. The molecule has 1 aliphatic rings. The number of halogens is 1. The predicted molar refractivity (Wildman–Crippen MR) is 78.4 cm³/mol. The summed E-state index contributed by atoms with van der Waals surface area (Å²) < 4.78 is 0. The van der Waals surface area contributed by atoms with Crippen molar-refractivity contribution in [2.24, 2.45) is 0 Å². The predicted octanol–water partition coefficient (Wildman–Crippen LogP) is 3.08. The molecule has 0 saturated heterocycles. The lowest BCUT2D eigenvalue weighted by Gasteiger charge is -2.16. The van der Waals surface area contributed by atoms with Crippen LogP contribution in [0.3, 0.4) is 0 Å². The summed E-state index contributed by atoms with van der Waals surface area (Å²) in [6.07, 6.45) is 5.22. The number of nitrogens with zero attached hydrogens (tertiary/aromatic N) is 1. The number of amides is 1. The van der Waals surface area contributed by atoms with Gasteiger partial charge in [0.2, 0.25) is 5.91 Å². The summed E-state index contributed by atoms with van der Waals surface area (Å²) in [5.74, 6) is 0.0802. The molecule has 4 heteroatoms. The van der Waals surface area contributed by atoms with E-state index < -0.39 is 0 Å². The highest BCUT2D eigenvalue weighted by Gasteiger charge is 2.51. The Hall–Kier alpha value is -1.87. The van der Waals surface area contributed by atoms with Gasteiger partial charge in [-0.05, 0) is 48.2 Å². The van der Waals surface area contributed by atoms with Crippen molar-refractivity contribution < 1.29 is 4.79 Å². The summed E-state index contributed by atoms with van der Waals surface area (Å²) in [5.41, 5.74) is 1.69. The highest BCUT2D eigenvalue weighted by molar-refractivity contribution is 6.30. The lowest BCUT2D eigenvalue weighted by atomic mass is 9.95. The Morgan fingerprint density at radius 1 is 1.25 bits per heavy atom. The van der Waals surface area contributed by atoms with Gasteiger partial charge in [0.25, 0.3) is 0 Å². The normalized spacial score (nSPS) is 15.7. The van der Waals surface area contributed by atoms with Gasteiger partial charge < -0.3 is 5.32 Å². The summed E-state index contributed by atoms with van der Waals surface area (Å²) in [4.78, 5) is 16.4. The molecule has 1 fully saturated rings. The molecule has 0 atom stereocenters. The molecule has 1 amide bonds. The third-order valence-corrected chi connectivity index (χ3v) is 4.00. The minimum Gasteiger partial charge on any atom is -0.351 e. The first-order valence-electron chi connectivity index (χ1n) is 6.64. The number of nitrogens with one attached hydrogen (secondary N) is 1. The summed E-state index contributed by atoms with van der Waals surface area (Å²) in [7, 11) is 0. The molecular formula is C16H15ClN2O. The van der Waals surface area contributed by atoms with Crippen LogP contribution in [-0.4, -0.2) is 10.9 Å². The quantitative estimate of drug-likeness (QED) is 0.938. The van der Waals surface area contributed by atoms with E-state index in [1.165, 1.54) is 0 Å². The van der Waals surface area contributed by atoms with Gasteiger partial charge in [0.05, 0.1) is 5.41 Å². The zero-order valence-corrected chi connectivity index (χ0v) is 11.7. The van der Waals surface area contributed by atoms with Crippen molar-refractivity contribution in [1.82, 2.24) is 10.3 Å². The first kappa shape index (κ1) is 13.1. The van der Waals surface area contributed by atoms with E-state index in [0.717, 1.165) is 24.0 Å². The molecule has 1 aliphatic carbocycles. The van der Waals surface area contributed by atoms with Gasteiger partial charge in [0.1, 0.15) is 0 Å². The largest absolute Gasteiger partial charge is 0.351 e. The molecule has 0 bridgehead atoms. The molecule has 1 N–H and O–H groups in total. The third-order valence-electron chi connectivity index (χ3n) is 3.76. The Morgan fingerprint density at radius 2 is 2.00 bits per heavy atom. The smallest absolute Gasteiger partial charge is 0.230 e. The zero-order chi connectivity index (χ0) is 14.0. The number of benzene rings is 1. The third kappa shape index (κ3) is 2.54. The van der Waals surface area contributed by atoms with Crippen LogP contribution in [0.4, 0.5) is 0 Å². The van der Waals surface area contributed by atoms with Crippen molar-refractivity contribution in [2.45, 2.75) is 24.8 Å². The number of rotatable bonds is 4. The van der Waals surface area contributed by atoms with Gasteiger partial charge in [-0.3, -0.25) is 9.78 Å². The van der Waals surface area contributed by atoms with E-state index in [9.17, 15) is 4.79 Å². The maximum absolute atomic E-state index is 12.4. The molecule has 0 unspecified atom stereocenters. The number of carbonyl (C=O) groups is 1. The van der Waals surface area contributed by atoms with Crippen LogP contribution in [0.15, 0.2) is 48.8 Å². The SMILES string of the molecule is O=C(NCc1ccncc1)C1(c2cccc(Cl)c2)CC1. The highest BCUT2D eigenvalue weighted by atomic mass is 35.5. The molecule has 1 aromatic heterocycles. The van der Waals surface area contributed by atoms with E-state index in [1.807, 2.05) is 36.4 Å². The van der Waals surface area contributed by atoms with Gasteiger partial charge in [-0.25, -0.2) is 0 Å². The lowest BCUT2D eigenvalue weighted by molar-refractivity contribution is -0.123. The highest BCUT2D eigenvalue weighted by Crippen LogP contribution is 2.48. The fraction of sp³-hybridized carbons (Fsp3) is 0.250. The number of hydrogen-bond donors (Lipinski definition) is 1. The molecule has 3 nitrogen and oxygen atoms in total. The Bertz CT molecular complexity index is 623. The first-order chi connectivity index (χ1) is 9.71. The first-order valence-corrected chi connectivity index (χ1v) is 7.02. The van der Waals surface area contributed by atoms with Crippen molar-refractivity contribution in [2.75, 3.05) is 0 Å². The molecule has 0 spiro atoms. The van der Waals surface area contributed by atoms with Crippen molar-refractivity contribution in [3.63, 3.8) is 0 Å². The average Bonchev–Trinajstić information content (AvgIpc) is 3.28. The Morgan fingerprint density at radius 3 is 2.65 bits per heavy atom.